The van der Waals surface area contributed by atoms with E-state index in [1.54, 1.807) is 49.3 Å². The fourth-order valence-corrected chi connectivity index (χ4v) is 3.57. The molecule has 2 aromatic rings. The van der Waals surface area contributed by atoms with E-state index in [-0.39, 0.29) is 23.7 Å². The van der Waals surface area contributed by atoms with Gasteiger partial charge in [0.1, 0.15) is 11.6 Å². The zero-order chi connectivity index (χ0) is 25.4. The standard InChI is InChI=1S/C26H27FN2O6/c1-17-24(26(32)34-3)22(25(31)29(17)13-4-14-33-2)15-18-5-11-21(12-6-18)35-16-23(30)28-20-9-7-19(27)8-10-20/h5-12,15H,4,13-14,16H2,1-3H3,(H,28,30)/b22-15+. The third-order valence-electron chi connectivity index (χ3n) is 5.32. The molecule has 1 heterocycles. The van der Waals surface area contributed by atoms with Gasteiger partial charge in [0.15, 0.2) is 6.61 Å². The third-order valence-corrected chi connectivity index (χ3v) is 5.32. The van der Waals surface area contributed by atoms with Crippen LogP contribution in [-0.2, 0) is 23.9 Å². The predicted octanol–water partition coefficient (Wildman–Crippen LogP) is 3.55. The molecule has 1 aliphatic rings. The van der Waals surface area contributed by atoms with E-state index in [0.717, 1.165) is 0 Å². The zero-order valence-electron chi connectivity index (χ0n) is 19.8. The number of carbonyl (C=O) groups is 3. The zero-order valence-corrected chi connectivity index (χ0v) is 19.8. The molecule has 1 N–H and O–H groups in total. The van der Waals surface area contributed by atoms with Gasteiger partial charge in [-0.05, 0) is 61.4 Å². The van der Waals surface area contributed by atoms with Gasteiger partial charge in [0.05, 0.1) is 18.3 Å². The molecule has 8 nitrogen and oxygen atoms in total. The molecule has 184 valence electrons. The minimum absolute atomic E-state index is 0.229. The average molecular weight is 483 g/mol. The Morgan fingerprint density at radius 1 is 1.06 bits per heavy atom. The van der Waals surface area contributed by atoms with E-state index in [1.165, 1.54) is 31.4 Å². The van der Waals surface area contributed by atoms with Gasteiger partial charge in [0.25, 0.3) is 11.8 Å². The van der Waals surface area contributed by atoms with Gasteiger partial charge in [0.2, 0.25) is 0 Å². The van der Waals surface area contributed by atoms with Crippen molar-refractivity contribution in [2.45, 2.75) is 13.3 Å². The van der Waals surface area contributed by atoms with Crippen LogP contribution in [0.15, 0.2) is 65.4 Å². The molecule has 0 radical (unpaired) electrons. The molecular weight excluding hydrogens is 455 g/mol. The molecule has 0 saturated carbocycles. The molecule has 9 heteroatoms. The normalized spacial score (nSPS) is 14.5. The second-order valence-electron chi connectivity index (χ2n) is 7.73. The number of anilines is 1. The Kier molecular flexibility index (Phi) is 8.74. The van der Waals surface area contributed by atoms with Crippen molar-refractivity contribution in [2.75, 3.05) is 39.3 Å². The van der Waals surface area contributed by atoms with Gasteiger partial charge in [-0.3, -0.25) is 9.59 Å². The van der Waals surface area contributed by atoms with E-state index < -0.39 is 17.7 Å². The van der Waals surface area contributed by atoms with Gasteiger partial charge in [-0.1, -0.05) is 12.1 Å². The molecule has 0 spiro atoms. The Hall–Kier alpha value is -3.98. The Balaban J connectivity index is 1.68. The van der Waals surface area contributed by atoms with Crippen LogP contribution in [-0.4, -0.2) is 56.7 Å². The number of esters is 1. The van der Waals surface area contributed by atoms with Crippen LogP contribution in [0.25, 0.3) is 6.08 Å². The minimum Gasteiger partial charge on any atom is -0.484 e. The van der Waals surface area contributed by atoms with Crippen LogP contribution in [0.5, 0.6) is 5.75 Å². The Bertz CT molecular complexity index is 1140. The summed E-state index contributed by atoms with van der Waals surface area (Å²) in [7, 11) is 2.86. The maximum absolute atomic E-state index is 13.0. The van der Waals surface area contributed by atoms with Crippen molar-refractivity contribution in [3.05, 3.63) is 76.8 Å². The highest BCUT2D eigenvalue weighted by Gasteiger charge is 2.36. The molecule has 0 bridgehead atoms. The van der Waals surface area contributed by atoms with Crippen LogP contribution in [0.3, 0.4) is 0 Å². The lowest BCUT2D eigenvalue weighted by Gasteiger charge is -2.17. The van der Waals surface area contributed by atoms with Gasteiger partial charge < -0.3 is 24.4 Å². The summed E-state index contributed by atoms with van der Waals surface area (Å²) in [6.07, 6.45) is 2.25. The second-order valence-corrected chi connectivity index (χ2v) is 7.73. The number of methoxy groups -OCH3 is 2. The van der Waals surface area contributed by atoms with Crippen LogP contribution in [0, 0.1) is 5.82 Å². The largest absolute Gasteiger partial charge is 0.484 e. The van der Waals surface area contributed by atoms with Gasteiger partial charge in [-0.2, -0.15) is 0 Å². The van der Waals surface area contributed by atoms with E-state index in [9.17, 15) is 18.8 Å². The quantitative estimate of drug-likeness (QED) is 0.316. The van der Waals surface area contributed by atoms with Gasteiger partial charge in [0, 0.05) is 31.6 Å². The molecule has 2 amide bonds. The second kappa shape index (κ2) is 11.9. The number of hydrogen-bond donors (Lipinski definition) is 1. The number of nitrogens with zero attached hydrogens (tertiary/aromatic N) is 1. The van der Waals surface area contributed by atoms with Crippen molar-refractivity contribution in [3.8, 4) is 5.75 Å². The number of rotatable bonds is 10. The lowest BCUT2D eigenvalue weighted by atomic mass is 10.0. The first-order chi connectivity index (χ1) is 16.8. The summed E-state index contributed by atoms with van der Waals surface area (Å²) >= 11 is 0. The number of benzene rings is 2. The van der Waals surface area contributed by atoms with E-state index in [0.29, 0.717) is 42.3 Å². The van der Waals surface area contributed by atoms with Gasteiger partial charge in [-0.15, -0.1) is 0 Å². The molecule has 0 aromatic heterocycles. The van der Waals surface area contributed by atoms with E-state index in [1.807, 2.05) is 0 Å². The van der Waals surface area contributed by atoms with Crippen LogP contribution in [0.2, 0.25) is 0 Å². The first-order valence-electron chi connectivity index (χ1n) is 10.9. The number of halogens is 1. The summed E-state index contributed by atoms with van der Waals surface area (Å²) in [6.45, 7) is 2.39. The topological polar surface area (TPSA) is 94.2 Å². The minimum atomic E-state index is -0.580. The van der Waals surface area contributed by atoms with Crippen LogP contribution in [0.4, 0.5) is 10.1 Å². The molecule has 1 aliphatic heterocycles. The van der Waals surface area contributed by atoms with E-state index in [2.05, 4.69) is 5.32 Å². The highest BCUT2D eigenvalue weighted by molar-refractivity contribution is 6.16. The molecule has 0 atom stereocenters. The number of allylic oxidation sites excluding steroid dienone is 1. The van der Waals surface area contributed by atoms with E-state index >= 15 is 0 Å². The predicted molar refractivity (Wildman–Crippen MR) is 128 cm³/mol. The summed E-state index contributed by atoms with van der Waals surface area (Å²) in [6, 6.07) is 12.1. The lowest BCUT2D eigenvalue weighted by Crippen LogP contribution is -2.26. The first kappa shape index (κ1) is 25.6. The summed E-state index contributed by atoms with van der Waals surface area (Å²) in [5.74, 6) is -1.20. The molecule has 0 saturated heterocycles. The maximum atomic E-state index is 13.0. The fourth-order valence-electron chi connectivity index (χ4n) is 3.57. The molecule has 0 unspecified atom stereocenters. The number of hydrogen-bond acceptors (Lipinski definition) is 6. The molecule has 0 fully saturated rings. The summed E-state index contributed by atoms with van der Waals surface area (Å²) in [5, 5.41) is 2.61. The summed E-state index contributed by atoms with van der Waals surface area (Å²) in [4.78, 5) is 39.0. The fraction of sp³-hybridized carbons (Fsp3) is 0.269. The van der Waals surface area contributed by atoms with Crippen molar-refractivity contribution in [2.24, 2.45) is 0 Å². The molecule has 3 rings (SSSR count). The van der Waals surface area contributed by atoms with E-state index in [4.69, 9.17) is 14.2 Å². The van der Waals surface area contributed by atoms with Crippen molar-refractivity contribution in [1.29, 1.82) is 0 Å². The first-order valence-corrected chi connectivity index (χ1v) is 10.9. The highest BCUT2D eigenvalue weighted by Crippen LogP contribution is 2.32. The smallest absolute Gasteiger partial charge is 0.340 e. The number of ether oxygens (including phenoxy) is 3. The third kappa shape index (κ3) is 6.54. The Morgan fingerprint density at radius 3 is 2.37 bits per heavy atom. The van der Waals surface area contributed by atoms with Crippen molar-refractivity contribution in [3.63, 3.8) is 0 Å². The molecule has 35 heavy (non-hydrogen) atoms. The van der Waals surface area contributed by atoms with Gasteiger partial charge >= 0.3 is 5.97 Å². The van der Waals surface area contributed by atoms with Crippen LogP contribution < -0.4 is 10.1 Å². The highest BCUT2D eigenvalue weighted by atomic mass is 19.1. The number of nitrogens with one attached hydrogen (secondary N) is 1. The monoisotopic (exact) mass is 482 g/mol. The maximum Gasteiger partial charge on any atom is 0.340 e. The van der Waals surface area contributed by atoms with Crippen LogP contribution >= 0.6 is 0 Å². The number of amides is 2. The van der Waals surface area contributed by atoms with Crippen molar-refractivity contribution < 1.29 is 33.0 Å². The van der Waals surface area contributed by atoms with Crippen LogP contribution in [0.1, 0.15) is 18.9 Å². The Morgan fingerprint density at radius 2 is 1.74 bits per heavy atom. The van der Waals surface area contributed by atoms with Crippen molar-refractivity contribution >= 4 is 29.5 Å². The summed E-state index contributed by atoms with van der Waals surface area (Å²) in [5.41, 5.74) is 2.15. The molecular formula is C26H27FN2O6. The summed E-state index contributed by atoms with van der Waals surface area (Å²) < 4.78 is 28.4. The molecule has 0 aliphatic carbocycles. The van der Waals surface area contributed by atoms with Gasteiger partial charge in [-0.25, -0.2) is 9.18 Å². The average Bonchev–Trinajstić information content (AvgIpc) is 3.08. The lowest BCUT2D eigenvalue weighted by molar-refractivity contribution is -0.136. The SMILES string of the molecule is COCCCN1C(=O)/C(=C/c2ccc(OCC(=O)Nc3ccc(F)cc3)cc2)C(C(=O)OC)=C1C. The van der Waals surface area contributed by atoms with Crippen molar-refractivity contribution in [1.82, 2.24) is 4.90 Å². The molecule has 2 aromatic carbocycles. The Labute approximate surface area is 203 Å². The number of carbonyl (C=O) groups excluding carboxylic acids is 3.